The van der Waals surface area contributed by atoms with E-state index in [0.29, 0.717) is 4.99 Å². The number of nitrogens with one attached hydrogen (secondary N) is 1. The van der Waals surface area contributed by atoms with Crippen LogP contribution in [0.15, 0.2) is 28.9 Å². The Morgan fingerprint density at radius 3 is 2.84 bits per heavy atom. The lowest BCUT2D eigenvalue weighted by Crippen LogP contribution is -2.12. The van der Waals surface area contributed by atoms with Crippen LogP contribution in [-0.2, 0) is 13.5 Å². The second-order valence-corrected chi connectivity index (χ2v) is 5.55. The lowest BCUT2D eigenvalue weighted by atomic mass is 10.1. The van der Waals surface area contributed by atoms with Crippen LogP contribution in [0.1, 0.15) is 18.2 Å². The predicted octanol–water partition coefficient (Wildman–Crippen LogP) is 3.12. The van der Waals surface area contributed by atoms with Gasteiger partial charge >= 0.3 is 0 Å². The minimum Gasteiger partial charge on any atom is -0.389 e. The molecule has 0 aliphatic heterocycles. The number of thiocarbonyl (C=S) groups is 1. The summed E-state index contributed by atoms with van der Waals surface area (Å²) in [5, 5.41) is 7.75. The van der Waals surface area contributed by atoms with Gasteiger partial charge in [0.05, 0.1) is 11.4 Å². The molecule has 0 aliphatic rings. The van der Waals surface area contributed by atoms with E-state index in [0.717, 1.165) is 33.5 Å². The molecule has 0 radical (unpaired) electrons. The van der Waals surface area contributed by atoms with E-state index >= 15 is 0 Å². The zero-order valence-electron chi connectivity index (χ0n) is 10.8. The van der Waals surface area contributed by atoms with Crippen molar-refractivity contribution in [3.8, 4) is 0 Å². The highest BCUT2D eigenvalue weighted by molar-refractivity contribution is 9.10. The Bertz CT molecular complexity index is 621. The average Bonchev–Trinajstić information content (AvgIpc) is 2.71. The van der Waals surface area contributed by atoms with Crippen molar-refractivity contribution in [3.05, 3.63) is 40.1 Å². The summed E-state index contributed by atoms with van der Waals surface area (Å²) in [6.45, 7) is 2.07. The van der Waals surface area contributed by atoms with Gasteiger partial charge in [-0.05, 0) is 24.6 Å². The number of anilines is 2. The molecule has 0 atom stereocenters. The summed E-state index contributed by atoms with van der Waals surface area (Å²) in [5.74, 6) is 0. The minimum absolute atomic E-state index is 0.366. The van der Waals surface area contributed by atoms with E-state index < -0.39 is 0 Å². The Labute approximate surface area is 126 Å². The van der Waals surface area contributed by atoms with E-state index in [1.807, 2.05) is 31.4 Å². The third kappa shape index (κ3) is 3.13. The third-order valence-electron chi connectivity index (χ3n) is 2.76. The molecule has 0 fully saturated rings. The van der Waals surface area contributed by atoms with Crippen molar-refractivity contribution in [1.29, 1.82) is 0 Å². The van der Waals surface area contributed by atoms with Gasteiger partial charge in [-0.15, -0.1) is 0 Å². The fourth-order valence-corrected chi connectivity index (χ4v) is 2.40. The number of rotatable bonds is 4. The van der Waals surface area contributed by atoms with Crippen molar-refractivity contribution in [2.24, 2.45) is 12.8 Å². The maximum atomic E-state index is 5.76. The number of nitrogens with two attached hydrogens (primary N) is 1. The summed E-state index contributed by atoms with van der Waals surface area (Å²) in [6.07, 6.45) is 2.81. The first-order valence-corrected chi connectivity index (χ1v) is 7.10. The number of benzene rings is 1. The van der Waals surface area contributed by atoms with E-state index in [1.54, 1.807) is 4.68 Å². The monoisotopic (exact) mass is 338 g/mol. The van der Waals surface area contributed by atoms with Gasteiger partial charge in [-0.2, -0.15) is 5.10 Å². The SMILES string of the molecule is CCc1nn(C)cc1Nc1ccc(Br)cc1C(N)=S. The quantitative estimate of drug-likeness (QED) is 0.841. The number of hydrogen-bond acceptors (Lipinski definition) is 3. The highest BCUT2D eigenvalue weighted by Gasteiger charge is 2.10. The molecule has 2 rings (SSSR count). The molecule has 4 nitrogen and oxygen atoms in total. The Balaban J connectivity index is 2.40. The van der Waals surface area contributed by atoms with Crippen molar-refractivity contribution in [2.45, 2.75) is 13.3 Å². The summed E-state index contributed by atoms with van der Waals surface area (Å²) in [5.41, 5.74) is 9.46. The maximum absolute atomic E-state index is 5.76. The fraction of sp³-hybridized carbons (Fsp3) is 0.231. The molecule has 3 N–H and O–H groups in total. The van der Waals surface area contributed by atoms with Crippen LogP contribution in [0.2, 0.25) is 0 Å². The zero-order chi connectivity index (χ0) is 14.0. The molecule has 19 heavy (non-hydrogen) atoms. The van der Waals surface area contributed by atoms with E-state index in [4.69, 9.17) is 18.0 Å². The fourth-order valence-electron chi connectivity index (χ4n) is 1.87. The van der Waals surface area contributed by atoms with E-state index in [9.17, 15) is 0 Å². The number of nitrogens with zero attached hydrogens (tertiary/aromatic N) is 2. The molecule has 0 spiro atoms. The van der Waals surface area contributed by atoms with Crippen LogP contribution in [0.4, 0.5) is 11.4 Å². The molecule has 2 aromatic rings. The smallest absolute Gasteiger partial charge is 0.106 e. The van der Waals surface area contributed by atoms with Gasteiger partial charge in [0.2, 0.25) is 0 Å². The normalized spacial score (nSPS) is 10.5. The first-order chi connectivity index (χ1) is 9.01. The highest BCUT2D eigenvalue weighted by Crippen LogP contribution is 2.26. The largest absolute Gasteiger partial charge is 0.389 e. The number of halogens is 1. The number of aryl methyl sites for hydroxylation is 2. The average molecular weight is 339 g/mol. The first-order valence-electron chi connectivity index (χ1n) is 5.90. The maximum Gasteiger partial charge on any atom is 0.106 e. The van der Waals surface area contributed by atoms with Crippen LogP contribution >= 0.6 is 28.1 Å². The summed E-state index contributed by atoms with van der Waals surface area (Å²) in [4.78, 5) is 0.366. The Kier molecular flexibility index (Phi) is 4.21. The van der Waals surface area contributed by atoms with E-state index in [2.05, 4.69) is 33.3 Å². The van der Waals surface area contributed by atoms with Gasteiger partial charge in [0.25, 0.3) is 0 Å². The lowest BCUT2D eigenvalue weighted by molar-refractivity contribution is 0.746. The molecule has 6 heteroatoms. The van der Waals surface area contributed by atoms with Crippen LogP contribution in [-0.4, -0.2) is 14.8 Å². The van der Waals surface area contributed by atoms with Crippen molar-refractivity contribution >= 4 is 44.5 Å². The zero-order valence-corrected chi connectivity index (χ0v) is 13.2. The molecule has 1 heterocycles. The summed E-state index contributed by atoms with van der Waals surface area (Å²) < 4.78 is 2.74. The summed E-state index contributed by atoms with van der Waals surface area (Å²) >= 11 is 8.51. The minimum atomic E-state index is 0.366. The molecule has 1 aromatic heterocycles. The molecule has 0 bridgehead atoms. The van der Waals surface area contributed by atoms with Crippen LogP contribution in [0, 0.1) is 0 Å². The Morgan fingerprint density at radius 1 is 1.47 bits per heavy atom. The van der Waals surface area contributed by atoms with Gasteiger partial charge < -0.3 is 11.1 Å². The van der Waals surface area contributed by atoms with Gasteiger partial charge in [-0.3, -0.25) is 4.68 Å². The van der Waals surface area contributed by atoms with Crippen LogP contribution in [0.25, 0.3) is 0 Å². The van der Waals surface area contributed by atoms with Gasteiger partial charge in [-0.25, -0.2) is 0 Å². The molecule has 0 unspecified atom stereocenters. The summed E-state index contributed by atoms with van der Waals surface area (Å²) in [6, 6.07) is 5.81. The molecule has 1 aromatic carbocycles. The van der Waals surface area contributed by atoms with Gasteiger partial charge in [0.15, 0.2) is 0 Å². The lowest BCUT2D eigenvalue weighted by Gasteiger charge is -2.11. The Hall–Kier alpha value is -1.40. The number of aromatic nitrogens is 2. The van der Waals surface area contributed by atoms with Crippen LogP contribution in [0.5, 0.6) is 0 Å². The molecule has 0 saturated heterocycles. The van der Waals surface area contributed by atoms with Crippen molar-refractivity contribution in [3.63, 3.8) is 0 Å². The third-order valence-corrected chi connectivity index (χ3v) is 3.47. The van der Waals surface area contributed by atoms with E-state index in [-0.39, 0.29) is 0 Å². The van der Waals surface area contributed by atoms with Crippen molar-refractivity contribution in [2.75, 3.05) is 5.32 Å². The molecule has 0 saturated carbocycles. The summed E-state index contributed by atoms with van der Waals surface area (Å²) in [7, 11) is 1.90. The molecule has 0 aliphatic carbocycles. The van der Waals surface area contributed by atoms with Gasteiger partial charge in [-0.1, -0.05) is 35.1 Å². The topological polar surface area (TPSA) is 55.9 Å². The molecular formula is C13H15BrN4S. The molecular weight excluding hydrogens is 324 g/mol. The van der Waals surface area contributed by atoms with Crippen LogP contribution in [0.3, 0.4) is 0 Å². The second kappa shape index (κ2) is 5.71. The molecule has 100 valence electrons. The van der Waals surface area contributed by atoms with Crippen LogP contribution < -0.4 is 11.1 Å². The number of hydrogen-bond donors (Lipinski definition) is 2. The van der Waals surface area contributed by atoms with Crippen molar-refractivity contribution < 1.29 is 0 Å². The Morgan fingerprint density at radius 2 is 2.21 bits per heavy atom. The molecule has 0 amide bonds. The van der Waals surface area contributed by atoms with Gasteiger partial charge in [0.1, 0.15) is 4.99 Å². The van der Waals surface area contributed by atoms with Crippen molar-refractivity contribution in [1.82, 2.24) is 9.78 Å². The first kappa shape index (κ1) is 14.0. The predicted molar refractivity (Wildman–Crippen MR) is 85.9 cm³/mol. The van der Waals surface area contributed by atoms with Gasteiger partial charge in [0, 0.05) is 29.0 Å². The highest BCUT2D eigenvalue weighted by atomic mass is 79.9. The van der Waals surface area contributed by atoms with E-state index in [1.165, 1.54) is 0 Å². The second-order valence-electron chi connectivity index (χ2n) is 4.20. The standard InChI is InChI=1S/C13H15BrN4S/c1-3-10-12(7-18(2)17-10)16-11-5-4-8(14)6-9(11)13(15)19/h4-7,16H,3H2,1-2H3,(H2,15,19).